The number of benzene rings is 3. The molecule has 1 aliphatic rings. The van der Waals surface area contributed by atoms with Crippen molar-refractivity contribution in [1.29, 1.82) is 0 Å². The molecule has 3 aromatic carbocycles. The fourth-order valence-corrected chi connectivity index (χ4v) is 4.02. The highest BCUT2D eigenvalue weighted by Gasteiger charge is 2.32. The third-order valence-corrected chi connectivity index (χ3v) is 5.75. The summed E-state index contributed by atoms with van der Waals surface area (Å²) in [7, 11) is 0. The van der Waals surface area contributed by atoms with Crippen LogP contribution >= 0.6 is 0 Å². The Morgan fingerprint density at radius 2 is 1.75 bits per heavy atom. The molecule has 0 aliphatic carbocycles. The van der Waals surface area contributed by atoms with Crippen LogP contribution in [0.2, 0.25) is 0 Å². The van der Waals surface area contributed by atoms with Crippen LogP contribution in [-0.4, -0.2) is 17.6 Å². The van der Waals surface area contributed by atoms with Crippen molar-refractivity contribution >= 4 is 5.91 Å². The largest absolute Gasteiger partial charge is 0.485 e. The van der Waals surface area contributed by atoms with E-state index in [0.29, 0.717) is 12.2 Å². The van der Waals surface area contributed by atoms with Crippen molar-refractivity contribution in [1.82, 2.24) is 5.32 Å². The monoisotopic (exact) mass is 429 g/mol. The molecule has 0 spiro atoms. The van der Waals surface area contributed by atoms with Crippen LogP contribution in [0, 0.1) is 0 Å². The summed E-state index contributed by atoms with van der Waals surface area (Å²) in [6.45, 7) is 6.65. The van der Waals surface area contributed by atoms with E-state index in [9.17, 15) is 4.79 Å². The van der Waals surface area contributed by atoms with Gasteiger partial charge in [-0.25, -0.2) is 0 Å². The second kappa shape index (κ2) is 9.47. The maximum atomic E-state index is 12.6. The van der Waals surface area contributed by atoms with Gasteiger partial charge >= 0.3 is 0 Å². The number of amides is 1. The molecule has 166 valence electrons. The second-order valence-electron chi connectivity index (χ2n) is 9.17. The number of rotatable bonds is 8. The lowest BCUT2D eigenvalue weighted by Gasteiger charge is -2.18. The van der Waals surface area contributed by atoms with Crippen molar-refractivity contribution in [2.24, 2.45) is 0 Å². The van der Waals surface area contributed by atoms with E-state index in [4.69, 9.17) is 9.47 Å². The molecular formula is C28H31NO3. The van der Waals surface area contributed by atoms with Gasteiger partial charge in [0.15, 0.2) is 11.5 Å². The van der Waals surface area contributed by atoms with Crippen molar-refractivity contribution < 1.29 is 14.3 Å². The molecule has 0 fully saturated rings. The standard InChI is InChI=1S/C28H31NO3/c1-20(12-13-21-8-5-4-6-9-21)29-27(30)23-16-14-22(15-17-23)19-31-25-11-7-10-24-18-28(2,3)32-26(24)25/h4-11,14-17,20H,12-13,18-19H2,1-3H3,(H,29,30). The molecule has 0 aromatic heterocycles. The van der Waals surface area contributed by atoms with E-state index in [0.717, 1.165) is 36.3 Å². The second-order valence-corrected chi connectivity index (χ2v) is 9.17. The molecule has 4 nitrogen and oxygen atoms in total. The predicted octanol–water partition coefficient (Wildman–Crippen LogP) is 5.73. The van der Waals surface area contributed by atoms with Crippen LogP contribution < -0.4 is 14.8 Å². The fourth-order valence-electron chi connectivity index (χ4n) is 4.02. The average Bonchev–Trinajstić information content (AvgIpc) is 3.11. The number of carbonyl (C=O) groups is 1. The van der Waals surface area contributed by atoms with Gasteiger partial charge in [-0.05, 0) is 62.9 Å². The fraction of sp³-hybridized carbons (Fsp3) is 0.321. The van der Waals surface area contributed by atoms with Crippen LogP contribution in [0.3, 0.4) is 0 Å². The first kappa shape index (κ1) is 21.9. The summed E-state index contributed by atoms with van der Waals surface area (Å²) in [6, 6.07) is 24.1. The molecule has 0 bridgehead atoms. The van der Waals surface area contributed by atoms with Crippen LogP contribution in [0.1, 0.15) is 54.2 Å². The summed E-state index contributed by atoms with van der Waals surface area (Å²) in [4.78, 5) is 12.6. The molecule has 1 aliphatic heterocycles. The number of hydrogen-bond donors (Lipinski definition) is 1. The molecule has 0 saturated carbocycles. The lowest BCUT2D eigenvalue weighted by molar-refractivity contribution is 0.0938. The zero-order valence-corrected chi connectivity index (χ0v) is 19.1. The van der Waals surface area contributed by atoms with E-state index in [1.165, 1.54) is 11.1 Å². The zero-order chi connectivity index (χ0) is 22.6. The molecule has 0 saturated heterocycles. The minimum Gasteiger partial charge on any atom is -0.485 e. The van der Waals surface area contributed by atoms with Crippen molar-refractivity contribution in [2.75, 3.05) is 0 Å². The van der Waals surface area contributed by atoms with E-state index in [1.54, 1.807) is 0 Å². The first-order valence-electron chi connectivity index (χ1n) is 11.3. The van der Waals surface area contributed by atoms with Crippen LogP contribution in [0.5, 0.6) is 11.5 Å². The van der Waals surface area contributed by atoms with Gasteiger partial charge in [-0.15, -0.1) is 0 Å². The maximum Gasteiger partial charge on any atom is 0.251 e. The van der Waals surface area contributed by atoms with E-state index in [1.807, 2.05) is 61.5 Å². The van der Waals surface area contributed by atoms with Gasteiger partial charge in [-0.3, -0.25) is 4.79 Å². The van der Waals surface area contributed by atoms with Crippen LogP contribution in [-0.2, 0) is 19.4 Å². The highest BCUT2D eigenvalue weighted by atomic mass is 16.5. The molecule has 1 amide bonds. The first-order chi connectivity index (χ1) is 15.4. The molecule has 4 heteroatoms. The number of para-hydroxylation sites is 1. The summed E-state index contributed by atoms with van der Waals surface area (Å²) in [5.74, 6) is 1.56. The smallest absolute Gasteiger partial charge is 0.251 e. The molecule has 32 heavy (non-hydrogen) atoms. The number of fused-ring (bicyclic) bond motifs is 1. The Bertz CT molecular complexity index is 1060. The average molecular weight is 430 g/mol. The molecule has 3 aromatic rings. The number of carbonyl (C=O) groups excluding carboxylic acids is 1. The van der Waals surface area contributed by atoms with Gasteiger partial charge < -0.3 is 14.8 Å². The van der Waals surface area contributed by atoms with Crippen LogP contribution in [0.4, 0.5) is 0 Å². The Morgan fingerprint density at radius 3 is 2.50 bits per heavy atom. The van der Waals surface area contributed by atoms with E-state index >= 15 is 0 Å². The summed E-state index contributed by atoms with van der Waals surface area (Å²) in [5, 5.41) is 3.09. The number of aryl methyl sites for hydroxylation is 1. The molecular weight excluding hydrogens is 398 g/mol. The first-order valence-corrected chi connectivity index (χ1v) is 11.3. The van der Waals surface area contributed by atoms with Crippen molar-refractivity contribution in [3.05, 3.63) is 95.1 Å². The van der Waals surface area contributed by atoms with Gasteiger partial charge in [-0.1, -0.05) is 54.6 Å². The highest BCUT2D eigenvalue weighted by molar-refractivity contribution is 5.94. The van der Waals surface area contributed by atoms with Gasteiger partial charge in [0.25, 0.3) is 5.91 Å². The predicted molar refractivity (Wildman–Crippen MR) is 127 cm³/mol. The van der Waals surface area contributed by atoms with Gasteiger partial charge in [0.2, 0.25) is 0 Å². The minimum atomic E-state index is -0.199. The maximum absolute atomic E-state index is 12.6. The topological polar surface area (TPSA) is 47.6 Å². The van der Waals surface area contributed by atoms with Crippen molar-refractivity contribution in [2.45, 2.75) is 58.3 Å². The molecule has 1 heterocycles. The third-order valence-electron chi connectivity index (χ3n) is 5.75. The lowest BCUT2D eigenvalue weighted by atomic mass is 10.0. The summed E-state index contributed by atoms with van der Waals surface area (Å²) in [5.41, 5.74) is 3.94. The summed E-state index contributed by atoms with van der Waals surface area (Å²) >= 11 is 0. The molecule has 1 unspecified atom stereocenters. The van der Waals surface area contributed by atoms with Gasteiger partial charge in [0.05, 0.1) is 0 Å². The Balaban J connectivity index is 1.29. The SMILES string of the molecule is CC(CCc1ccccc1)NC(=O)c1ccc(COc2cccc3c2OC(C)(C)C3)cc1. The molecule has 1 N–H and O–H groups in total. The Kier molecular flexibility index (Phi) is 6.50. The van der Waals surface area contributed by atoms with E-state index in [2.05, 4.69) is 37.4 Å². The Labute approximate surface area is 190 Å². The van der Waals surface area contributed by atoms with Crippen LogP contribution in [0.25, 0.3) is 0 Å². The highest BCUT2D eigenvalue weighted by Crippen LogP contribution is 2.41. The minimum absolute atomic E-state index is 0.0467. The number of hydrogen-bond acceptors (Lipinski definition) is 3. The normalized spacial score (nSPS) is 14.8. The number of nitrogens with one attached hydrogen (secondary N) is 1. The van der Waals surface area contributed by atoms with Gasteiger partial charge in [0.1, 0.15) is 12.2 Å². The molecule has 4 rings (SSSR count). The van der Waals surface area contributed by atoms with Crippen LogP contribution in [0.15, 0.2) is 72.8 Å². The van der Waals surface area contributed by atoms with Crippen molar-refractivity contribution in [3.8, 4) is 11.5 Å². The van der Waals surface area contributed by atoms with Crippen molar-refractivity contribution in [3.63, 3.8) is 0 Å². The molecule has 1 atom stereocenters. The lowest BCUT2D eigenvalue weighted by Crippen LogP contribution is -2.32. The summed E-state index contributed by atoms with van der Waals surface area (Å²) < 4.78 is 12.1. The quantitative estimate of drug-likeness (QED) is 0.497. The Hall–Kier alpha value is -3.27. The Morgan fingerprint density at radius 1 is 1.00 bits per heavy atom. The van der Waals surface area contributed by atoms with E-state index < -0.39 is 0 Å². The molecule has 0 radical (unpaired) electrons. The zero-order valence-electron chi connectivity index (χ0n) is 19.1. The number of ether oxygens (including phenoxy) is 2. The summed E-state index contributed by atoms with van der Waals surface area (Å²) in [6.07, 6.45) is 2.73. The van der Waals surface area contributed by atoms with Gasteiger partial charge in [-0.2, -0.15) is 0 Å². The third kappa shape index (κ3) is 5.50. The van der Waals surface area contributed by atoms with E-state index in [-0.39, 0.29) is 17.6 Å². The van der Waals surface area contributed by atoms with Gasteiger partial charge in [0, 0.05) is 23.6 Å².